The molecule has 0 bridgehead atoms. The van der Waals surface area contributed by atoms with Gasteiger partial charge in [-0.05, 0) is 30.4 Å². The molecular weight excluding hydrogens is 228 g/mol. The van der Waals surface area contributed by atoms with Gasteiger partial charge in [0, 0.05) is 10.5 Å². The third-order valence-electron chi connectivity index (χ3n) is 2.00. The van der Waals surface area contributed by atoms with Crippen molar-refractivity contribution in [3.8, 4) is 0 Å². The molecule has 0 aliphatic heterocycles. The second-order valence-corrected chi connectivity index (χ2v) is 4.83. The summed E-state index contributed by atoms with van der Waals surface area (Å²) in [6, 6.07) is 5.64. The fourth-order valence-electron chi connectivity index (χ4n) is 1.14. The Morgan fingerprint density at radius 3 is 2.80 bits per heavy atom. The summed E-state index contributed by atoms with van der Waals surface area (Å²) in [5.74, 6) is 1.12. The number of rotatable bonds is 5. The molecule has 0 aliphatic rings. The molecule has 4 heteroatoms. The molecule has 15 heavy (non-hydrogen) atoms. The molecule has 1 aromatic rings. The normalized spacial score (nSPS) is 10.3. The largest absolute Gasteiger partial charge is 0.384 e. The van der Waals surface area contributed by atoms with Crippen LogP contribution in [0, 0.1) is 5.41 Å². The maximum Gasteiger partial charge on any atom is 0.124 e. The van der Waals surface area contributed by atoms with Crippen molar-refractivity contribution < 1.29 is 0 Å². The number of amidine groups is 1. The van der Waals surface area contributed by atoms with Crippen molar-refractivity contribution in [1.82, 2.24) is 0 Å². The van der Waals surface area contributed by atoms with Crippen LogP contribution in [0.5, 0.6) is 0 Å². The number of halogens is 1. The van der Waals surface area contributed by atoms with E-state index in [2.05, 4.69) is 6.92 Å². The van der Waals surface area contributed by atoms with Crippen molar-refractivity contribution in [2.75, 3.05) is 5.75 Å². The SMILES string of the molecule is CCCCSc1ccc(C(=N)N)c(Cl)c1. The van der Waals surface area contributed by atoms with E-state index in [-0.39, 0.29) is 5.84 Å². The minimum Gasteiger partial charge on any atom is -0.384 e. The molecule has 0 amide bonds. The van der Waals surface area contributed by atoms with Crippen molar-refractivity contribution in [3.63, 3.8) is 0 Å². The highest BCUT2D eigenvalue weighted by Gasteiger charge is 2.04. The second kappa shape index (κ2) is 6.03. The Morgan fingerprint density at radius 2 is 2.27 bits per heavy atom. The molecule has 0 spiro atoms. The van der Waals surface area contributed by atoms with Crippen LogP contribution in [0.1, 0.15) is 25.3 Å². The Morgan fingerprint density at radius 1 is 1.53 bits per heavy atom. The molecule has 82 valence electrons. The fraction of sp³-hybridized carbons (Fsp3) is 0.364. The van der Waals surface area contributed by atoms with Crippen molar-refractivity contribution in [1.29, 1.82) is 5.41 Å². The third-order valence-corrected chi connectivity index (χ3v) is 3.39. The molecule has 0 saturated carbocycles. The number of nitrogens with two attached hydrogens (primary N) is 1. The molecule has 0 unspecified atom stereocenters. The van der Waals surface area contributed by atoms with E-state index >= 15 is 0 Å². The standard InChI is InChI=1S/C11H15ClN2S/c1-2-3-6-15-8-4-5-9(11(13)14)10(12)7-8/h4-5,7H,2-3,6H2,1H3,(H3,13,14). The molecule has 1 rings (SSSR count). The summed E-state index contributed by atoms with van der Waals surface area (Å²) >= 11 is 7.79. The van der Waals surface area contributed by atoms with Gasteiger partial charge in [0.1, 0.15) is 5.84 Å². The first-order chi connectivity index (χ1) is 7.15. The van der Waals surface area contributed by atoms with E-state index in [1.54, 1.807) is 17.8 Å². The highest BCUT2D eigenvalue weighted by molar-refractivity contribution is 7.99. The zero-order chi connectivity index (χ0) is 11.3. The molecule has 2 nitrogen and oxygen atoms in total. The quantitative estimate of drug-likeness (QED) is 0.359. The van der Waals surface area contributed by atoms with Crippen molar-refractivity contribution in [2.24, 2.45) is 5.73 Å². The van der Waals surface area contributed by atoms with Gasteiger partial charge in [0.2, 0.25) is 0 Å². The second-order valence-electron chi connectivity index (χ2n) is 3.26. The zero-order valence-corrected chi connectivity index (χ0v) is 10.3. The van der Waals surface area contributed by atoms with Gasteiger partial charge in [-0.25, -0.2) is 0 Å². The van der Waals surface area contributed by atoms with Gasteiger partial charge in [0.05, 0.1) is 5.02 Å². The monoisotopic (exact) mass is 242 g/mol. The first-order valence-corrected chi connectivity index (χ1v) is 6.28. The number of nitrogen functional groups attached to an aromatic ring is 1. The molecule has 0 radical (unpaired) electrons. The van der Waals surface area contributed by atoms with Gasteiger partial charge in [-0.2, -0.15) is 0 Å². The highest BCUT2D eigenvalue weighted by atomic mass is 35.5. The van der Waals surface area contributed by atoms with E-state index in [1.807, 2.05) is 12.1 Å². The fourth-order valence-corrected chi connectivity index (χ4v) is 2.52. The smallest absolute Gasteiger partial charge is 0.124 e. The first-order valence-electron chi connectivity index (χ1n) is 4.92. The molecule has 0 aliphatic carbocycles. The molecule has 0 aromatic heterocycles. The summed E-state index contributed by atoms with van der Waals surface area (Å²) in [4.78, 5) is 1.14. The lowest BCUT2D eigenvalue weighted by Gasteiger charge is -2.05. The van der Waals surface area contributed by atoms with Gasteiger partial charge in [-0.3, -0.25) is 5.41 Å². The van der Waals surface area contributed by atoms with Gasteiger partial charge in [-0.15, -0.1) is 11.8 Å². The van der Waals surface area contributed by atoms with Crippen molar-refractivity contribution in [3.05, 3.63) is 28.8 Å². The minimum atomic E-state index is 0.0186. The van der Waals surface area contributed by atoms with Crippen LogP contribution in [-0.4, -0.2) is 11.6 Å². The van der Waals surface area contributed by atoms with E-state index in [0.29, 0.717) is 10.6 Å². The summed E-state index contributed by atoms with van der Waals surface area (Å²) in [7, 11) is 0. The number of benzene rings is 1. The van der Waals surface area contributed by atoms with Crippen molar-refractivity contribution in [2.45, 2.75) is 24.7 Å². The molecule has 0 heterocycles. The molecule has 0 fully saturated rings. The maximum absolute atomic E-state index is 7.30. The summed E-state index contributed by atoms with van der Waals surface area (Å²) in [6.07, 6.45) is 2.41. The van der Waals surface area contributed by atoms with E-state index < -0.39 is 0 Å². The van der Waals surface area contributed by atoms with E-state index in [1.165, 1.54) is 12.8 Å². The van der Waals surface area contributed by atoms with Gasteiger partial charge < -0.3 is 5.73 Å². The van der Waals surface area contributed by atoms with Crippen LogP contribution in [0.15, 0.2) is 23.1 Å². The Hall–Kier alpha value is -0.670. The molecule has 1 aromatic carbocycles. The van der Waals surface area contributed by atoms with Crippen LogP contribution in [0.3, 0.4) is 0 Å². The summed E-state index contributed by atoms with van der Waals surface area (Å²) in [5, 5.41) is 7.86. The Kier molecular flexibility index (Phi) is 4.99. The Balaban J connectivity index is 2.69. The van der Waals surface area contributed by atoms with Crippen LogP contribution in [0.4, 0.5) is 0 Å². The van der Waals surface area contributed by atoms with E-state index in [0.717, 1.165) is 10.6 Å². The predicted octanol–water partition coefficient (Wildman–Crippen LogP) is 3.52. The third kappa shape index (κ3) is 3.76. The Bertz CT molecular complexity index is 352. The molecule has 0 atom stereocenters. The maximum atomic E-state index is 7.30. The van der Waals surface area contributed by atoms with Crippen LogP contribution in [0.2, 0.25) is 5.02 Å². The summed E-state index contributed by atoms with van der Waals surface area (Å²) < 4.78 is 0. The number of hydrogen-bond acceptors (Lipinski definition) is 2. The van der Waals surface area contributed by atoms with Crippen LogP contribution < -0.4 is 5.73 Å². The van der Waals surface area contributed by atoms with Gasteiger partial charge >= 0.3 is 0 Å². The van der Waals surface area contributed by atoms with Crippen molar-refractivity contribution >= 4 is 29.2 Å². The van der Waals surface area contributed by atoms with Gasteiger partial charge in [0.25, 0.3) is 0 Å². The lowest BCUT2D eigenvalue weighted by molar-refractivity contribution is 0.896. The number of hydrogen-bond donors (Lipinski definition) is 2. The lowest BCUT2D eigenvalue weighted by atomic mass is 10.2. The number of nitrogens with one attached hydrogen (secondary N) is 1. The molecule has 0 saturated heterocycles. The minimum absolute atomic E-state index is 0.0186. The van der Waals surface area contributed by atoms with Gasteiger partial charge in [-0.1, -0.05) is 24.9 Å². The Labute approximate surface area is 99.7 Å². The average Bonchev–Trinajstić information content (AvgIpc) is 2.17. The van der Waals surface area contributed by atoms with Crippen LogP contribution in [0.25, 0.3) is 0 Å². The number of thioether (sulfide) groups is 1. The summed E-state index contributed by atoms with van der Waals surface area (Å²) in [6.45, 7) is 2.17. The number of unbranched alkanes of at least 4 members (excludes halogenated alkanes) is 1. The summed E-state index contributed by atoms with van der Waals surface area (Å²) in [5.41, 5.74) is 5.99. The van der Waals surface area contributed by atoms with Crippen LogP contribution >= 0.6 is 23.4 Å². The van der Waals surface area contributed by atoms with E-state index in [9.17, 15) is 0 Å². The zero-order valence-electron chi connectivity index (χ0n) is 8.72. The lowest BCUT2D eigenvalue weighted by Crippen LogP contribution is -2.11. The predicted molar refractivity (Wildman–Crippen MR) is 68.1 cm³/mol. The topological polar surface area (TPSA) is 49.9 Å². The van der Waals surface area contributed by atoms with Gasteiger partial charge in [0.15, 0.2) is 0 Å². The molecule has 3 N–H and O–H groups in total. The molecular formula is C11H15ClN2S. The van der Waals surface area contributed by atoms with E-state index in [4.69, 9.17) is 22.7 Å². The average molecular weight is 243 g/mol. The van der Waals surface area contributed by atoms with Crippen LogP contribution in [-0.2, 0) is 0 Å². The highest BCUT2D eigenvalue weighted by Crippen LogP contribution is 2.25. The first kappa shape index (κ1) is 12.4.